The number of halogens is 3. The highest BCUT2D eigenvalue weighted by Crippen LogP contribution is 2.39. The summed E-state index contributed by atoms with van der Waals surface area (Å²) >= 11 is 2.79. The first-order valence-electron chi connectivity index (χ1n) is 6.65. The Morgan fingerprint density at radius 2 is 2.18 bits per heavy atom. The number of carbonyl (C=O) groups excluding carboxylic acids is 1. The molecule has 2 aromatic rings. The zero-order chi connectivity index (χ0) is 15.7. The van der Waals surface area contributed by atoms with Crippen LogP contribution in [0, 0.1) is 0 Å². The van der Waals surface area contributed by atoms with Crippen LogP contribution < -0.4 is 5.32 Å². The van der Waals surface area contributed by atoms with Gasteiger partial charge in [-0.1, -0.05) is 11.8 Å². The number of hydrogen-bond donors (Lipinski definition) is 1. The average molecular weight is 347 g/mol. The summed E-state index contributed by atoms with van der Waals surface area (Å²) in [7, 11) is 0. The summed E-state index contributed by atoms with van der Waals surface area (Å²) in [4.78, 5) is 22.1. The van der Waals surface area contributed by atoms with E-state index in [4.69, 9.17) is 0 Å². The molecular weight excluding hydrogens is 335 g/mol. The van der Waals surface area contributed by atoms with Crippen LogP contribution in [0.25, 0.3) is 10.2 Å². The molecule has 1 aliphatic rings. The lowest BCUT2D eigenvalue weighted by Crippen LogP contribution is -2.34. The van der Waals surface area contributed by atoms with E-state index in [1.807, 2.05) is 5.32 Å². The molecule has 0 bridgehead atoms. The van der Waals surface area contributed by atoms with Crippen molar-refractivity contribution in [3.63, 3.8) is 0 Å². The first kappa shape index (κ1) is 15.5. The molecule has 3 rings (SSSR count). The van der Waals surface area contributed by atoms with Gasteiger partial charge in [-0.2, -0.15) is 13.2 Å². The summed E-state index contributed by atoms with van der Waals surface area (Å²) in [5.74, 6) is -0.742. The number of aromatic nitrogens is 2. The topological polar surface area (TPSA) is 54.9 Å². The molecule has 2 heterocycles. The number of nitrogens with zero attached hydrogens (tertiary/aromatic N) is 2. The fourth-order valence-electron chi connectivity index (χ4n) is 2.39. The first-order valence-corrected chi connectivity index (χ1v) is 8.46. The molecule has 0 atom stereocenters. The predicted octanol–water partition coefficient (Wildman–Crippen LogP) is 2.95. The predicted molar refractivity (Wildman–Crippen MR) is 79.2 cm³/mol. The Bertz CT molecular complexity index is 714. The Hall–Kier alpha value is -1.35. The van der Waals surface area contributed by atoms with Crippen molar-refractivity contribution in [2.75, 3.05) is 12.3 Å². The zero-order valence-corrected chi connectivity index (χ0v) is 13.0. The molecule has 1 aliphatic carbocycles. The van der Waals surface area contributed by atoms with E-state index in [1.54, 1.807) is 11.3 Å². The van der Waals surface area contributed by atoms with E-state index in [9.17, 15) is 18.0 Å². The minimum atomic E-state index is -4.39. The number of thioether (sulfide) groups is 1. The number of alkyl halides is 3. The van der Waals surface area contributed by atoms with Gasteiger partial charge in [0.15, 0.2) is 0 Å². The van der Waals surface area contributed by atoms with Gasteiger partial charge in [0.05, 0.1) is 5.75 Å². The summed E-state index contributed by atoms with van der Waals surface area (Å²) < 4.78 is 36.2. The fourth-order valence-corrected chi connectivity index (χ4v) is 4.54. The number of nitrogens with one attached hydrogen (secondary N) is 1. The fraction of sp³-hybridized carbons (Fsp3) is 0.462. The molecule has 0 aliphatic heterocycles. The third-order valence-corrected chi connectivity index (χ3v) is 5.48. The molecule has 0 saturated heterocycles. The molecular formula is C13H12F3N3OS2. The van der Waals surface area contributed by atoms with Gasteiger partial charge in [0, 0.05) is 10.3 Å². The standard InChI is InChI=1S/C13H12F3N3OS2/c14-13(15,16)5-17-9(20)4-21-11-10-7-2-1-3-8(7)22-12(10)19-6-18-11/h6H,1-5H2,(H,17,20). The van der Waals surface area contributed by atoms with E-state index in [-0.39, 0.29) is 5.75 Å². The second-order valence-electron chi connectivity index (χ2n) is 4.90. The molecule has 1 amide bonds. The van der Waals surface area contributed by atoms with Gasteiger partial charge in [-0.3, -0.25) is 4.79 Å². The Balaban J connectivity index is 1.71. The van der Waals surface area contributed by atoms with Crippen LogP contribution >= 0.6 is 23.1 Å². The lowest BCUT2D eigenvalue weighted by molar-refractivity contribution is -0.136. The van der Waals surface area contributed by atoms with E-state index in [0.29, 0.717) is 5.03 Å². The number of hydrogen-bond acceptors (Lipinski definition) is 5. The monoisotopic (exact) mass is 347 g/mol. The first-order chi connectivity index (χ1) is 10.4. The normalized spacial score (nSPS) is 14.3. The molecule has 0 radical (unpaired) electrons. The van der Waals surface area contributed by atoms with Gasteiger partial charge in [-0.05, 0) is 24.8 Å². The van der Waals surface area contributed by atoms with Crippen LogP contribution in [-0.4, -0.2) is 34.3 Å². The maximum atomic E-state index is 12.1. The van der Waals surface area contributed by atoms with Crippen LogP contribution in [0.3, 0.4) is 0 Å². The third kappa shape index (κ3) is 3.35. The van der Waals surface area contributed by atoms with E-state index in [0.717, 1.165) is 41.2 Å². The van der Waals surface area contributed by atoms with Gasteiger partial charge >= 0.3 is 6.18 Å². The quantitative estimate of drug-likeness (QED) is 0.682. The van der Waals surface area contributed by atoms with Gasteiger partial charge in [0.1, 0.15) is 22.7 Å². The van der Waals surface area contributed by atoms with E-state index in [2.05, 4.69) is 9.97 Å². The van der Waals surface area contributed by atoms with Crippen molar-refractivity contribution < 1.29 is 18.0 Å². The Morgan fingerprint density at radius 1 is 1.36 bits per heavy atom. The second-order valence-corrected chi connectivity index (χ2v) is 6.94. The largest absolute Gasteiger partial charge is 0.405 e. The third-order valence-electron chi connectivity index (χ3n) is 3.29. The lowest BCUT2D eigenvalue weighted by atomic mass is 10.2. The maximum absolute atomic E-state index is 12.1. The molecule has 4 nitrogen and oxygen atoms in total. The molecule has 22 heavy (non-hydrogen) atoms. The van der Waals surface area contributed by atoms with Crippen LogP contribution in [0.1, 0.15) is 16.9 Å². The molecule has 0 spiro atoms. The van der Waals surface area contributed by atoms with E-state index < -0.39 is 18.6 Å². The molecule has 118 valence electrons. The van der Waals surface area contributed by atoms with Crippen LogP contribution in [0.4, 0.5) is 13.2 Å². The van der Waals surface area contributed by atoms with Crippen molar-refractivity contribution >= 4 is 39.2 Å². The zero-order valence-electron chi connectivity index (χ0n) is 11.4. The highest BCUT2D eigenvalue weighted by molar-refractivity contribution is 8.00. The number of thiophene rings is 1. The van der Waals surface area contributed by atoms with Crippen LogP contribution in [0.2, 0.25) is 0 Å². The number of aryl methyl sites for hydroxylation is 2. The second kappa shape index (κ2) is 6.04. The Kier molecular flexibility index (Phi) is 4.26. The van der Waals surface area contributed by atoms with Gasteiger partial charge < -0.3 is 5.32 Å². The number of rotatable bonds is 4. The number of fused-ring (bicyclic) bond motifs is 3. The summed E-state index contributed by atoms with van der Waals surface area (Å²) in [6, 6.07) is 0. The minimum absolute atomic E-state index is 0.0905. The van der Waals surface area contributed by atoms with E-state index >= 15 is 0 Å². The molecule has 0 aromatic carbocycles. The minimum Gasteiger partial charge on any atom is -0.346 e. The average Bonchev–Trinajstić information content (AvgIpc) is 3.02. The Morgan fingerprint density at radius 3 is 2.95 bits per heavy atom. The maximum Gasteiger partial charge on any atom is 0.405 e. The summed E-state index contributed by atoms with van der Waals surface area (Å²) in [5.41, 5.74) is 1.23. The smallest absolute Gasteiger partial charge is 0.346 e. The van der Waals surface area contributed by atoms with Crippen molar-refractivity contribution in [3.05, 3.63) is 16.8 Å². The lowest BCUT2D eigenvalue weighted by Gasteiger charge is -2.08. The summed E-state index contributed by atoms with van der Waals surface area (Å²) in [5, 5.41) is 3.50. The van der Waals surface area contributed by atoms with Crippen LogP contribution in [0.15, 0.2) is 11.4 Å². The van der Waals surface area contributed by atoms with Gasteiger partial charge in [0.25, 0.3) is 0 Å². The van der Waals surface area contributed by atoms with Gasteiger partial charge in [-0.15, -0.1) is 11.3 Å². The van der Waals surface area contributed by atoms with Crippen molar-refractivity contribution in [1.82, 2.24) is 15.3 Å². The number of amides is 1. The summed E-state index contributed by atoms with van der Waals surface area (Å²) in [6.45, 7) is -1.31. The van der Waals surface area contributed by atoms with Gasteiger partial charge in [0.2, 0.25) is 5.91 Å². The highest BCUT2D eigenvalue weighted by Gasteiger charge is 2.28. The molecule has 0 saturated carbocycles. The molecule has 0 unspecified atom stereocenters. The SMILES string of the molecule is O=C(CSc1ncnc2sc3c(c12)CCC3)NCC(F)(F)F. The molecule has 0 fully saturated rings. The highest BCUT2D eigenvalue weighted by atomic mass is 32.2. The molecule has 9 heteroatoms. The molecule has 1 N–H and O–H groups in total. The van der Waals surface area contributed by atoms with Crippen molar-refractivity contribution in [1.29, 1.82) is 0 Å². The molecule has 2 aromatic heterocycles. The summed E-state index contributed by atoms with van der Waals surface area (Å²) in [6.07, 6.45) is 0.145. The van der Waals surface area contributed by atoms with Gasteiger partial charge in [-0.25, -0.2) is 9.97 Å². The van der Waals surface area contributed by atoms with Crippen LogP contribution in [-0.2, 0) is 17.6 Å². The van der Waals surface area contributed by atoms with E-state index in [1.165, 1.54) is 16.8 Å². The van der Waals surface area contributed by atoms with Crippen molar-refractivity contribution in [2.45, 2.75) is 30.5 Å². The van der Waals surface area contributed by atoms with Crippen molar-refractivity contribution in [2.24, 2.45) is 0 Å². The number of carbonyl (C=O) groups is 1. The van der Waals surface area contributed by atoms with Crippen LogP contribution in [0.5, 0.6) is 0 Å². The Labute approximate surface area is 132 Å². The van der Waals surface area contributed by atoms with Crippen molar-refractivity contribution in [3.8, 4) is 0 Å².